The Bertz CT molecular complexity index is 8.00. The standard InChI is InChI=1S/In.Pb.Sn.Zn. The summed E-state index contributed by atoms with van der Waals surface area (Å²) in [6.45, 7) is 0. The van der Waals surface area contributed by atoms with Gasteiger partial charge in [-0.05, 0) is 0 Å². The molecule has 0 fully saturated rings. The van der Waals surface area contributed by atoms with E-state index in [0.29, 0.717) is 0 Å². The molecule has 0 saturated heterocycles. The third kappa shape index (κ3) is 8.96. The normalized spacial score (nSPS) is 0. The van der Waals surface area contributed by atoms with E-state index in [-0.39, 0.29) is 96.5 Å². The molecule has 0 rings (SSSR count). The third-order valence-electron chi connectivity index (χ3n) is 0. The monoisotopic (exact) mass is 507 g/mol. The first kappa shape index (κ1) is 27.0. The first-order valence-electron chi connectivity index (χ1n) is 0. The molecule has 0 aromatic carbocycles. The van der Waals surface area contributed by atoms with Crippen molar-refractivity contribution in [3.8, 4) is 0 Å². The molecule has 0 nitrogen and oxygen atoms in total. The van der Waals surface area contributed by atoms with Crippen molar-refractivity contribution in [2.24, 2.45) is 0 Å². The number of hydrogen-bond donors (Lipinski definition) is 0. The van der Waals surface area contributed by atoms with Crippen LogP contribution in [0.5, 0.6) is 0 Å². The quantitative estimate of drug-likeness (QED) is 0.365. The predicted molar refractivity (Wildman–Crippen MR) is 17.3 cm³/mol. The number of hydrogen-bond acceptors (Lipinski definition) is 0. The maximum Gasteiger partial charge on any atom is 0 e. The van der Waals surface area contributed by atoms with Crippen molar-refractivity contribution in [3.05, 3.63) is 0 Å². The van der Waals surface area contributed by atoms with Crippen LogP contribution >= 0.6 is 0 Å². The Kier molecular flexibility index (Phi) is 110. The topological polar surface area (TPSA) is 0 Å². The molecule has 0 aromatic rings. The molecule has 0 atom stereocenters. The van der Waals surface area contributed by atoms with Crippen molar-refractivity contribution in [1.29, 1.82) is 0 Å². The van der Waals surface area contributed by atoms with Crippen LogP contribution in [0, 0.1) is 0 Å². The molecule has 0 aliphatic heterocycles. The first-order valence-corrected chi connectivity index (χ1v) is 0. The van der Waals surface area contributed by atoms with Gasteiger partial charge < -0.3 is 0 Å². The second-order valence-corrected chi connectivity index (χ2v) is 0. The van der Waals surface area contributed by atoms with Crippen molar-refractivity contribution >= 4 is 77.0 Å². The Morgan fingerprint density at radius 2 is 1.00 bits per heavy atom. The van der Waals surface area contributed by atoms with Gasteiger partial charge in [0, 0.05) is 96.5 Å². The fourth-order valence-electron chi connectivity index (χ4n) is 0. The summed E-state index contributed by atoms with van der Waals surface area (Å²) in [6, 6.07) is 0. The van der Waals surface area contributed by atoms with Gasteiger partial charge in [-0.25, -0.2) is 0 Å². The van der Waals surface area contributed by atoms with Gasteiger partial charge in [0.15, 0.2) is 0 Å². The smallest absolute Gasteiger partial charge is 0 e. The Labute approximate surface area is 94.5 Å². The molecule has 0 N–H and O–H groups in total. The minimum absolute atomic E-state index is 0. The van der Waals surface area contributed by atoms with Crippen LogP contribution in [0.2, 0.25) is 0 Å². The summed E-state index contributed by atoms with van der Waals surface area (Å²) in [6.07, 6.45) is 0. The first-order chi connectivity index (χ1) is 0. The van der Waals surface area contributed by atoms with Crippen LogP contribution in [0.3, 0.4) is 0 Å². The van der Waals surface area contributed by atoms with Crippen LogP contribution in [0.25, 0.3) is 0 Å². The summed E-state index contributed by atoms with van der Waals surface area (Å²) < 4.78 is 0. The van der Waals surface area contributed by atoms with Crippen LogP contribution in [0.15, 0.2) is 0 Å². The van der Waals surface area contributed by atoms with Crippen LogP contribution in [0.4, 0.5) is 0 Å². The van der Waals surface area contributed by atoms with Crippen molar-refractivity contribution < 1.29 is 19.5 Å². The molecule has 0 heterocycles. The molecular formula is InPbSnZn. The summed E-state index contributed by atoms with van der Waals surface area (Å²) in [5, 5.41) is 0. The minimum atomic E-state index is 0. The molecule has 4 heavy (non-hydrogen) atoms. The van der Waals surface area contributed by atoms with Gasteiger partial charge in [0.25, 0.3) is 0 Å². The van der Waals surface area contributed by atoms with Crippen LogP contribution in [-0.2, 0) is 19.5 Å². The van der Waals surface area contributed by atoms with E-state index < -0.39 is 0 Å². The second-order valence-electron chi connectivity index (χ2n) is 0. The SMILES string of the molecule is [In].[Pb].[Sn].[Zn]. The van der Waals surface area contributed by atoms with E-state index in [9.17, 15) is 0 Å². The maximum atomic E-state index is 0. The van der Waals surface area contributed by atoms with E-state index in [1.807, 2.05) is 0 Å². The van der Waals surface area contributed by atoms with Gasteiger partial charge in [0.05, 0.1) is 0 Å². The third-order valence-corrected chi connectivity index (χ3v) is 0. The molecule has 13 valence electrons. The Morgan fingerprint density at radius 1 is 1.00 bits per heavy atom. The van der Waals surface area contributed by atoms with Crippen molar-refractivity contribution in [2.75, 3.05) is 0 Å². The van der Waals surface area contributed by atoms with E-state index >= 15 is 0 Å². The molecule has 0 unspecified atom stereocenters. The van der Waals surface area contributed by atoms with Crippen LogP contribution in [-0.4, -0.2) is 77.0 Å². The van der Waals surface area contributed by atoms with Gasteiger partial charge in [0.1, 0.15) is 0 Å². The van der Waals surface area contributed by atoms with Crippen molar-refractivity contribution in [2.45, 2.75) is 0 Å². The molecular weight excluding hydrogens is 506 g/mol. The molecule has 0 amide bonds. The van der Waals surface area contributed by atoms with E-state index in [4.69, 9.17) is 0 Å². The van der Waals surface area contributed by atoms with Crippen LogP contribution in [0.1, 0.15) is 0 Å². The van der Waals surface area contributed by atoms with Gasteiger partial charge in [-0.1, -0.05) is 0 Å². The zero-order valence-corrected chi connectivity index (χ0v) is 15.3. The molecule has 11 radical (unpaired) electrons. The van der Waals surface area contributed by atoms with Gasteiger partial charge in [-0.3, -0.25) is 0 Å². The fraction of sp³-hybridized carbons (Fsp3) is 0. The predicted octanol–water partition coefficient (Wildman–Crippen LogP) is -1.14. The molecule has 0 aliphatic carbocycles. The van der Waals surface area contributed by atoms with E-state index in [2.05, 4.69) is 0 Å². The van der Waals surface area contributed by atoms with Gasteiger partial charge >= 0.3 is 0 Å². The number of rotatable bonds is 0. The Morgan fingerprint density at radius 3 is 1.00 bits per heavy atom. The van der Waals surface area contributed by atoms with E-state index in [0.717, 1.165) is 0 Å². The zero-order chi connectivity index (χ0) is 0. The fourth-order valence-corrected chi connectivity index (χ4v) is 0. The van der Waals surface area contributed by atoms with Gasteiger partial charge in [0.2, 0.25) is 0 Å². The zero-order valence-electron chi connectivity index (χ0n) is 2.28. The summed E-state index contributed by atoms with van der Waals surface area (Å²) in [7, 11) is 0. The minimum Gasteiger partial charge on any atom is 0 e. The Balaban J connectivity index is 0. The van der Waals surface area contributed by atoms with Gasteiger partial charge in [-0.15, -0.1) is 0 Å². The molecule has 4 heteroatoms. The molecule has 0 aliphatic rings. The van der Waals surface area contributed by atoms with E-state index in [1.54, 1.807) is 0 Å². The average Bonchev–Trinajstić information content (AvgIpc) is 0. The summed E-state index contributed by atoms with van der Waals surface area (Å²) in [4.78, 5) is 0. The Hall–Kier alpha value is 3.21. The average molecular weight is 506 g/mol. The van der Waals surface area contributed by atoms with Crippen molar-refractivity contribution in [3.63, 3.8) is 0 Å². The largest absolute Gasteiger partial charge is 0 e. The second kappa shape index (κ2) is 16.4. The van der Waals surface area contributed by atoms with Gasteiger partial charge in [-0.2, -0.15) is 0 Å². The molecule has 0 saturated carbocycles. The summed E-state index contributed by atoms with van der Waals surface area (Å²) >= 11 is 0. The summed E-state index contributed by atoms with van der Waals surface area (Å²) in [5.41, 5.74) is 0. The van der Waals surface area contributed by atoms with Crippen molar-refractivity contribution in [1.82, 2.24) is 0 Å². The van der Waals surface area contributed by atoms with Crippen LogP contribution < -0.4 is 0 Å². The van der Waals surface area contributed by atoms with E-state index in [1.165, 1.54) is 0 Å². The molecule has 0 spiro atoms. The summed E-state index contributed by atoms with van der Waals surface area (Å²) in [5.74, 6) is 0. The maximum absolute atomic E-state index is 0. The molecule has 0 aromatic heterocycles. The molecule has 0 bridgehead atoms.